The molecule has 3 rings (SSSR count). The third-order valence-corrected chi connectivity index (χ3v) is 14.2. The summed E-state index contributed by atoms with van der Waals surface area (Å²) in [6, 6.07) is 21.3. The Morgan fingerprint density at radius 2 is 0.702 bits per heavy atom. The fourth-order valence-electron chi connectivity index (χ4n) is 6.33. The van der Waals surface area contributed by atoms with E-state index in [9.17, 15) is 0 Å². The van der Waals surface area contributed by atoms with Crippen molar-refractivity contribution >= 4 is 18.7 Å². The molecule has 0 unspecified atom stereocenters. The van der Waals surface area contributed by atoms with E-state index < -0.39 is 8.32 Å². The highest BCUT2D eigenvalue weighted by Gasteiger charge is 2.50. The fraction of sp³-hybridized carbons (Fsp3) is 0.721. The molecule has 14 heteroatoms. The van der Waals surface area contributed by atoms with Crippen molar-refractivity contribution in [3.05, 3.63) is 60.7 Å². The van der Waals surface area contributed by atoms with E-state index in [1.54, 1.807) is 0 Å². The molecule has 0 atom stereocenters. The van der Waals surface area contributed by atoms with Crippen molar-refractivity contribution in [2.45, 2.75) is 44.8 Å². The molecule has 0 radical (unpaired) electrons. The predicted octanol–water partition coefficient (Wildman–Crippen LogP) is 3.50. The minimum atomic E-state index is -2.54. The van der Waals surface area contributed by atoms with Crippen LogP contribution in [0.5, 0.6) is 0 Å². The molecule has 0 amide bonds. The van der Waals surface area contributed by atoms with Crippen LogP contribution < -0.4 is 15.7 Å². The Balaban J connectivity index is 0.991. The molecule has 1 aliphatic rings. The summed E-state index contributed by atoms with van der Waals surface area (Å²) in [5, 5.41) is 5.81. The quantitative estimate of drug-likeness (QED) is 0.0792. The molecule has 1 fully saturated rings. The van der Waals surface area contributed by atoms with Crippen molar-refractivity contribution in [2.24, 2.45) is 0 Å². The fourth-order valence-corrected chi connectivity index (χ4v) is 10.9. The minimum Gasteiger partial charge on any atom is -0.405 e. The molecule has 0 bridgehead atoms. The first kappa shape index (κ1) is 49.5. The van der Waals surface area contributed by atoms with Gasteiger partial charge in [-0.25, -0.2) is 0 Å². The molecule has 2 aromatic carbocycles. The van der Waals surface area contributed by atoms with Crippen LogP contribution in [0.3, 0.4) is 0 Å². The second kappa shape index (κ2) is 32.9. The molecular formula is C43H73NO12Si. The molecule has 0 aromatic heterocycles. The van der Waals surface area contributed by atoms with Gasteiger partial charge in [0.1, 0.15) is 0 Å². The lowest BCUT2D eigenvalue weighted by Crippen LogP contribution is -2.66. The first-order valence-electron chi connectivity index (χ1n) is 20.9. The van der Waals surface area contributed by atoms with Gasteiger partial charge in [-0.15, -0.1) is 0 Å². The lowest BCUT2D eigenvalue weighted by atomic mass is 10.1. The number of hydrogen-bond donors (Lipinski definition) is 1. The van der Waals surface area contributed by atoms with Gasteiger partial charge in [0, 0.05) is 0 Å². The average Bonchev–Trinajstić information content (AvgIpc) is 3.23. The number of piperidine rings is 1. The summed E-state index contributed by atoms with van der Waals surface area (Å²) in [7, 11) is -2.54. The van der Waals surface area contributed by atoms with E-state index in [4.69, 9.17) is 56.5 Å². The molecule has 1 N–H and O–H groups in total. The Hall–Kier alpha value is -1.86. The van der Waals surface area contributed by atoms with Gasteiger partial charge in [0.25, 0.3) is 8.32 Å². The molecule has 2 aromatic rings. The third kappa shape index (κ3) is 22.4. The van der Waals surface area contributed by atoms with Crippen molar-refractivity contribution in [1.82, 2.24) is 5.32 Å². The maximum atomic E-state index is 6.85. The first-order chi connectivity index (χ1) is 28.0. The molecule has 0 spiro atoms. The van der Waals surface area contributed by atoms with Crippen LogP contribution in [0.25, 0.3) is 0 Å². The van der Waals surface area contributed by atoms with Crippen LogP contribution in [0, 0.1) is 0 Å². The second-order valence-corrected chi connectivity index (χ2v) is 18.8. The zero-order valence-electron chi connectivity index (χ0n) is 35.1. The van der Waals surface area contributed by atoms with E-state index >= 15 is 0 Å². The summed E-state index contributed by atoms with van der Waals surface area (Å²) in [6.07, 6.45) is 2.53. The van der Waals surface area contributed by atoms with Gasteiger partial charge in [0.05, 0.1) is 151 Å². The van der Waals surface area contributed by atoms with E-state index in [1.807, 2.05) is 0 Å². The van der Waals surface area contributed by atoms with Crippen molar-refractivity contribution < 1.29 is 56.5 Å². The van der Waals surface area contributed by atoms with Crippen molar-refractivity contribution in [2.75, 3.05) is 158 Å². The number of hydrogen-bond acceptors (Lipinski definition) is 13. The maximum Gasteiger partial charge on any atom is 0.261 e. The standard InChI is InChI=1S/C43H73NO12Si/c1-43(2,3)57(41-10-6-4-7-11-41,42-12-8-5-9-13-42)56-39-37-54-35-33-52-31-29-50-27-25-48-23-21-46-19-18-45-20-22-47-24-26-49-28-30-51-32-34-53-36-38-55-40-14-16-44-17-15-40/h4-13,40,44H,14-39H2,1-3H3. The van der Waals surface area contributed by atoms with E-state index in [0.717, 1.165) is 25.9 Å². The Labute approximate surface area is 343 Å². The Morgan fingerprint density at radius 3 is 1.00 bits per heavy atom. The van der Waals surface area contributed by atoms with E-state index in [-0.39, 0.29) is 5.04 Å². The second-order valence-electron chi connectivity index (χ2n) is 14.5. The van der Waals surface area contributed by atoms with Gasteiger partial charge < -0.3 is 61.8 Å². The molecule has 0 aliphatic carbocycles. The van der Waals surface area contributed by atoms with Gasteiger partial charge in [0.2, 0.25) is 0 Å². The van der Waals surface area contributed by atoms with Crippen LogP contribution in [-0.4, -0.2) is 173 Å². The largest absolute Gasteiger partial charge is 0.405 e. The lowest BCUT2D eigenvalue weighted by Gasteiger charge is -2.43. The summed E-state index contributed by atoms with van der Waals surface area (Å²) < 4.78 is 68.5. The molecule has 1 saturated heterocycles. The smallest absolute Gasteiger partial charge is 0.261 e. The van der Waals surface area contributed by atoms with Gasteiger partial charge in [-0.2, -0.15) is 0 Å². The van der Waals surface area contributed by atoms with Crippen molar-refractivity contribution in [3.63, 3.8) is 0 Å². The van der Waals surface area contributed by atoms with E-state index in [1.165, 1.54) is 10.4 Å². The average molecular weight is 824 g/mol. The summed E-state index contributed by atoms with van der Waals surface area (Å²) in [4.78, 5) is 0. The molecule has 1 aliphatic heterocycles. The molecule has 57 heavy (non-hydrogen) atoms. The van der Waals surface area contributed by atoms with Gasteiger partial charge in [-0.1, -0.05) is 81.4 Å². The number of ether oxygens (including phenoxy) is 11. The Morgan fingerprint density at radius 1 is 0.421 bits per heavy atom. The monoisotopic (exact) mass is 823 g/mol. The maximum absolute atomic E-state index is 6.85. The predicted molar refractivity (Wildman–Crippen MR) is 224 cm³/mol. The highest BCUT2D eigenvalue weighted by atomic mass is 28.4. The van der Waals surface area contributed by atoms with Crippen LogP contribution in [0.15, 0.2) is 60.7 Å². The summed E-state index contributed by atoms with van der Waals surface area (Å²) in [5.74, 6) is 0. The minimum absolute atomic E-state index is 0.0565. The van der Waals surface area contributed by atoms with Gasteiger partial charge in [0.15, 0.2) is 0 Å². The normalized spacial score (nSPS) is 14.1. The molecular weight excluding hydrogens is 751 g/mol. The third-order valence-electron chi connectivity index (χ3n) is 9.18. The molecule has 0 saturated carbocycles. The Kier molecular flexibility index (Phi) is 28.6. The summed E-state index contributed by atoms with van der Waals surface area (Å²) in [5.41, 5.74) is 0. The zero-order chi connectivity index (χ0) is 40.4. The van der Waals surface area contributed by atoms with Gasteiger partial charge in [-0.3, -0.25) is 0 Å². The summed E-state index contributed by atoms with van der Waals surface area (Å²) in [6.45, 7) is 20.5. The van der Waals surface area contributed by atoms with Gasteiger partial charge >= 0.3 is 0 Å². The highest BCUT2D eigenvalue weighted by molar-refractivity contribution is 6.99. The lowest BCUT2D eigenvalue weighted by molar-refractivity contribution is -0.0325. The zero-order valence-corrected chi connectivity index (χ0v) is 36.1. The Bertz CT molecular complexity index is 1130. The highest BCUT2D eigenvalue weighted by Crippen LogP contribution is 2.36. The van der Waals surface area contributed by atoms with Crippen LogP contribution in [0.2, 0.25) is 5.04 Å². The van der Waals surface area contributed by atoms with Crippen LogP contribution in [-0.2, 0) is 56.5 Å². The van der Waals surface area contributed by atoms with E-state index in [2.05, 4.69) is 86.8 Å². The SMILES string of the molecule is CC(C)(C)[Si](OCCOCCOCCOCCOCCOCCOCCOCCOCCOCCOCCOC1CCNCC1)(c1ccccc1)c1ccccc1. The molecule has 1 heterocycles. The van der Waals surface area contributed by atoms with Crippen LogP contribution >= 0.6 is 0 Å². The number of nitrogens with one attached hydrogen (secondary N) is 1. The molecule has 326 valence electrons. The summed E-state index contributed by atoms with van der Waals surface area (Å²) >= 11 is 0. The molecule has 13 nitrogen and oxygen atoms in total. The first-order valence-corrected chi connectivity index (χ1v) is 22.8. The van der Waals surface area contributed by atoms with Crippen LogP contribution in [0.1, 0.15) is 33.6 Å². The van der Waals surface area contributed by atoms with Gasteiger partial charge in [-0.05, 0) is 41.3 Å². The van der Waals surface area contributed by atoms with Crippen molar-refractivity contribution in [3.8, 4) is 0 Å². The van der Waals surface area contributed by atoms with E-state index in [0.29, 0.717) is 151 Å². The topological polar surface area (TPSA) is 123 Å². The van der Waals surface area contributed by atoms with Crippen LogP contribution in [0.4, 0.5) is 0 Å². The number of benzene rings is 2. The number of rotatable bonds is 37. The van der Waals surface area contributed by atoms with Crippen molar-refractivity contribution in [1.29, 1.82) is 0 Å².